The SMILES string of the molecule is CC(C)Oc1ccc(NCc2ncc(Cl)s2)cc1. The van der Waals surface area contributed by atoms with Gasteiger partial charge >= 0.3 is 0 Å². The van der Waals surface area contributed by atoms with Crippen LogP contribution in [0.15, 0.2) is 30.5 Å². The number of aromatic nitrogens is 1. The first-order chi connectivity index (χ1) is 8.63. The molecule has 18 heavy (non-hydrogen) atoms. The van der Waals surface area contributed by atoms with Crippen LogP contribution >= 0.6 is 22.9 Å². The summed E-state index contributed by atoms with van der Waals surface area (Å²) in [6.07, 6.45) is 1.87. The number of ether oxygens (including phenoxy) is 1. The van der Waals surface area contributed by atoms with Crippen molar-refractivity contribution in [2.45, 2.75) is 26.5 Å². The van der Waals surface area contributed by atoms with Crippen molar-refractivity contribution in [1.29, 1.82) is 0 Å². The van der Waals surface area contributed by atoms with Crippen molar-refractivity contribution in [1.82, 2.24) is 4.98 Å². The van der Waals surface area contributed by atoms with Gasteiger partial charge in [0.15, 0.2) is 0 Å². The highest BCUT2D eigenvalue weighted by atomic mass is 35.5. The Labute approximate surface area is 116 Å². The molecule has 0 saturated carbocycles. The molecule has 0 aliphatic heterocycles. The molecule has 0 spiro atoms. The van der Waals surface area contributed by atoms with Gasteiger partial charge in [0, 0.05) is 5.69 Å². The summed E-state index contributed by atoms with van der Waals surface area (Å²) in [5.74, 6) is 0.882. The molecule has 96 valence electrons. The second kappa shape index (κ2) is 6.07. The molecular formula is C13H15ClN2OS. The van der Waals surface area contributed by atoms with Crippen molar-refractivity contribution in [3.8, 4) is 5.75 Å². The first kappa shape index (κ1) is 13.2. The lowest BCUT2D eigenvalue weighted by Gasteiger charge is -2.10. The molecular weight excluding hydrogens is 268 g/mol. The molecule has 0 unspecified atom stereocenters. The van der Waals surface area contributed by atoms with Gasteiger partial charge < -0.3 is 10.1 Å². The van der Waals surface area contributed by atoms with Gasteiger partial charge in [0.05, 0.1) is 18.8 Å². The molecule has 1 aromatic heterocycles. The van der Waals surface area contributed by atoms with Crippen molar-refractivity contribution in [2.24, 2.45) is 0 Å². The van der Waals surface area contributed by atoms with Crippen LogP contribution < -0.4 is 10.1 Å². The van der Waals surface area contributed by atoms with Gasteiger partial charge in [-0.05, 0) is 38.1 Å². The Kier molecular flexibility index (Phi) is 4.44. The van der Waals surface area contributed by atoms with Crippen molar-refractivity contribution >= 4 is 28.6 Å². The summed E-state index contributed by atoms with van der Waals surface area (Å²) in [4.78, 5) is 4.19. The van der Waals surface area contributed by atoms with Gasteiger partial charge in [-0.3, -0.25) is 0 Å². The Hall–Kier alpha value is -1.26. The molecule has 3 nitrogen and oxygen atoms in total. The van der Waals surface area contributed by atoms with Gasteiger partial charge in [-0.1, -0.05) is 11.6 Å². The maximum absolute atomic E-state index is 5.82. The highest BCUT2D eigenvalue weighted by Crippen LogP contribution is 2.21. The fraction of sp³-hybridized carbons (Fsp3) is 0.308. The van der Waals surface area contributed by atoms with Gasteiger partial charge in [-0.15, -0.1) is 11.3 Å². The van der Waals surface area contributed by atoms with Crippen LogP contribution in [-0.4, -0.2) is 11.1 Å². The first-order valence-corrected chi connectivity index (χ1v) is 6.94. The van der Waals surface area contributed by atoms with E-state index in [1.165, 1.54) is 11.3 Å². The van der Waals surface area contributed by atoms with Gasteiger partial charge in [-0.2, -0.15) is 0 Å². The zero-order chi connectivity index (χ0) is 13.0. The number of halogens is 1. The molecule has 1 heterocycles. The lowest BCUT2D eigenvalue weighted by Crippen LogP contribution is -2.05. The average Bonchev–Trinajstić information content (AvgIpc) is 2.74. The molecule has 0 bridgehead atoms. The zero-order valence-corrected chi connectivity index (χ0v) is 11.9. The highest BCUT2D eigenvalue weighted by molar-refractivity contribution is 7.15. The van der Waals surface area contributed by atoms with E-state index >= 15 is 0 Å². The van der Waals surface area contributed by atoms with Crippen LogP contribution in [0.1, 0.15) is 18.9 Å². The lowest BCUT2D eigenvalue weighted by molar-refractivity contribution is 0.242. The summed E-state index contributed by atoms with van der Waals surface area (Å²) in [5, 5.41) is 4.26. The third-order valence-corrected chi connectivity index (χ3v) is 3.31. The second-order valence-electron chi connectivity index (χ2n) is 4.10. The molecule has 2 aromatic rings. The number of benzene rings is 1. The largest absolute Gasteiger partial charge is 0.491 e. The van der Waals surface area contributed by atoms with Crippen LogP contribution in [0.4, 0.5) is 5.69 Å². The van der Waals surface area contributed by atoms with Crippen LogP contribution in [0, 0.1) is 0 Å². The predicted octanol–water partition coefficient (Wildman–Crippen LogP) is 4.20. The Morgan fingerprint density at radius 3 is 2.61 bits per heavy atom. The molecule has 0 aliphatic carbocycles. The first-order valence-electron chi connectivity index (χ1n) is 5.74. The minimum absolute atomic E-state index is 0.196. The third kappa shape index (κ3) is 3.89. The van der Waals surface area contributed by atoms with Crippen molar-refractivity contribution in [2.75, 3.05) is 5.32 Å². The Balaban J connectivity index is 1.90. The number of hydrogen-bond donors (Lipinski definition) is 1. The van der Waals surface area contributed by atoms with E-state index < -0.39 is 0 Å². The summed E-state index contributed by atoms with van der Waals surface area (Å²) in [5.41, 5.74) is 1.04. The summed E-state index contributed by atoms with van der Waals surface area (Å²) in [6.45, 7) is 4.71. The Morgan fingerprint density at radius 2 is 2.06 bits per heavy atom. The fourth-order valence-electron chi connectivity index (χ4n) is 1.47. The number of nitrogens with zero attached hydrogens (tertiary/aromatic N) is 1. The number of anilines is 1. The minimum atomic E-state index is 0.196. The molecule has 0 radical (unpaired) electrons. The van der Waals surface area contributed by atoms with Crippen molar-refractivity contribution in [3.05, 3.63) is 39.8 Å². The van der Waals surface area contributed by atoms with E-state index in [0.717, 1.165) is 16.4 Å². The standard InChI is InChI=1S/C13H15ClN2OS/c1-9(2)17-11-5-3-10(4-6-11)15-8-13-16-7-12(14)18-13/h3-7,9,15H,8H2,1-2H3. The average molecular weight is 283 g/mol. The maximum atomic E-state index is 5.82. The van der Waals surface area contributed by atoms with Gasteiger partial charge in [-0.25, -0.2) is 4.98 Å². The van der Waals surface area contributed by atoms with Crippen LogP contribution in [0.25, 0.3) is 0 Å². The molecule has 0 saturated heterocycles. The van der Waals surface area contributed by atoms with Crippen LogP contribution in [0.2, 0.25) is 4.34 Å². The second-order valence-corrected chi connectivity index (χ2v) is 5.85. The highest BCUT2D eigenvalue weighted by Gasteiger charge is 2.01. The van der Waals surface area contributed by atoms with Crippen molar-refractivity contribution < 1.29 is 4.74 Å². The van der Waals surface area contributed by atoms with Crippen molar-refractivity contribution in [3.63, 3.8) is 0 Å². The van der Waals surface area contributed by atoms with E-state index in [4.69, 9.17) is 16.3 Å². The van der Waals surface area contributed by atoms with E-state index in [9.17, 15) is 0 Å². The number of hydrogen-bond acceptors (Lipinski definition) is 4. The van der Waals surface area contributed by atoms with E-state index in [0.29, 0.717) is 10.9 Å². The van der Waals surface area contributed by atoms with Gasteiger partial charge in [0.2, 0.25) is 0 Å². The van der Waals surface area contributed by atoms with E-state index in [1.807, 2.05) is 38.1 Å². The quantitative estimate of drug-likeness (QED) is 0.893. The summed E-state index contributed by atoms with van der Waals surface area (Å²) in [6, 6.07) is 7.90. The summed E-state index contributed by atoms with van der Waals surface area (Å²) in [7, 11) is 0. The monoisotopic (exact) mass is 282 g/mol. The van der Waals surface area contributed by atoms with E-state index in [-0.39, 0.29) is 6.10 Å². The predicted molar refractivity (Wildman–Crippen MR) is 76.7 cm³/mol. The topological polar surface area (TPSA) is 34.1 Å². The molecule has 0 atom stereocenters. The molecule has 1 aromatic carbocycles. The molecule has 1 N–H and O–H groups in total. The minimum Gasteiger partial charge on any atom is -0.491 e. The van der Waals surface area contributed by atoms with E-state index in [1.54, 1.807) is 6.20 Å². The van der Waals surface area contributed by atoms with Gasteiger partial charge in [0.1, 0.15) is 15.1 Å². The van der Waals surface area contributed by atoms with E-state index in [2.05, 4.69) is 10.3 Å². The molecule has 2 rings (SSSR count). The third-order valence-electron chi connectivity index (χ3n) is 2.20. The van der Waals surface area contributed by atoms with Crippen LogP contribution in [0.3, 0.4) is 0 Å². The smallest absolute Gasteiger partial charge is 0.119 e. The molecule has 0 aliphatic rings. The fourth-order valence-corrected chi connectivity index (χ4v) is 2.37. The number of rotatable bonds is 5. The molecule has 0 amide bonds. The number of nitrogens with one attached hydrogen (secondary N) is 1. The van der Waals surface area contributed by atoms with Gasteiger partial charge in [0.25, 0.3) is 0 Å². The van der Waals surface area contributed by atoms with Crippen LogP contribution in [-0.2, 0) is 6.54 Å². The number of thiazole rings is 1. The lowest BCUT2D eigenvalue weighted by atomic mass is 10.3. The molecule has 5 heteroatoms. The Morgan fingerprint density at radius 1 is 1.33 bits per heavy atom. The normalized spacial score (nSPS) is 10.7. The zero-order valence-electron chi connectivity index (χ0n) is 10.3. The summed E-state index contributed by atoms with van der Waals surface area (Å²) < 4.78 is 6.30. The van der Waals surface area contributed by atoms with Crippen LogP contribution in [0.5, 0.6) is 5.75 Å². The summed E-state index contributed by atoms with van der Waals surface area (Å²) >= 11 is 7.31. The Bertz CT molecular complexity index is 496. The maximum Gasteiger partial charge on any atom is 0.119 e. The molecule has 0 fully saturated rings.